The molecule has 1 N–H and O–H groups in total. The number of hydrogen-bond acceptors (Lipinski definition) is 2. The Hall–Kier alpha value is -0.443. The molecule has 0 unspecified atom stereocenters. The van der Waals surface area contributed by atoms with Crippen molar-refractivity contribution in [2.75, 3.05) is 7.11 Å². The molecule has 13 heavy (non-hydrogen) atoms. The SMILES string of the molecule is CCCC/C(=C(\O)OC)[Si](C)(C)C. The minimum atomic E-state index is -1.40. The van der Waals surface area contributed by atoms with Gasteiger partial charge in [0.15, 0.2) is 0 Å². The maximum absolute atomic E-state index is 9.57. The van der Waals surface area contributed by atoms with Gasteiger partial charge >= 0.3 is 0 Å². The molecular weight excluding hydrogens is 180 g/mol. The molecule has 2 nitrogen and oxygen atoms in total. The van der Waals surface area contributed by atoms with E-state index in [0.29, 0.717) is 0 Å². The lowest BCUT2D eigenvalue weighted by atomic mass is 10.2. The van der Waals surface area contributed by atoms with E-state index in [4.69, 9.17) is 4.74 Å². The van der Waals surface area contributed by atoms with Gasteiger partial charge in [-0.05, 0) is 18.0 Å². The third kappa shape index (κ3) is 4.36. The van der Waals surface area contributed by atoms with Gasteiger partial charge in [0, 0.05) is 0 Å². The highest BCUT2D eigenvalue weighted by molar-refractivity contribution is 6.83. The summed E-state index contributed by atoms with van der Waals surface area (Å²) in [5.74, 6) is 0.160. The average molecular weight is 202 g/mol. The third-order valence-electron chi connectivity index (χ3n) is 2.14. The molecule has 0 amide bonds. The number of allylic oxidation sites excluding steroid dienone is 1. The lowest BCUT2D eigenvalue weighted by Gasteiger charge is -2.21. The molecule has 0 saturated carbocycles. The van der Waals surface area contributed by atoms with Gasteiger partial charge in [-0.25, -0.2) is 0 Å². The zero-order valence-electron chi connectivity index (χ0n) is 9.48. The van der Waals surface area contributed by atoms with E-state index < -0.39 is 8.07 Å². The van der Waals surface area contributed by atoms with Gasteiger partial charge in [-0.15, -0.1) is 0 Å². The molecule has 0 aliphatic heterocycles. The fourth-order valence-electron chi connectivity index (χ4n) is 1.28. The number of aliphatic hydroxyl groups is 1. The van der Waals surface area contributed by atoms with E-state index in [-0.39, 0.29) is 5.95 Å². The van der Waals surface area contributed by atoms with Gasteiger partial charge in [0.2, 0.25) is 0 Å². The molecule has 0 bridgehead atoms. The quantitative estimate of drug-likeness (QED) is 0.546. The monoisotopic (exact) mass is 202 g/mol. The summed E-state index contributed by atoms with van der Waals surface area (Å²) in [5, 5.41) is 10.7. The van der Waals surface area contributed by atoms with E-state index >= 15 is 0 Å². The van der Waals surface area contributed by atoms with Crippen molar-refractivity contribution in [2.24, 2.45) is 0 Å². The van der Waals surface area contributed by atoms with Crippen LogP contribution in [0.4, 0.5) is 0 Å². The maximum Gasteiger partial charge on any atom is 0.271 e. The number of hydrogen-bond donors (Lipinski definition) is 1. The lowest BCUT2D eigenvalue weighted by Crippen LogP contribution is -2.26. The van der Waals surface area contributed by atoms with Crippen LogP contribution in [0.15, 0.2) is 11.1 Å². The normalized spacial score (nSPS) is 13.9. The van der Waals surface area contributed by atoms with Gasteiger partial charge < -0.3 is 9.84 Å². The number of rotatable bonds is 5. The van der Waals surface area contributed by atoms with Crippen molar-refractivity contribution < 1.29 is 9.84 Å². The van der Waals surface area contributed by atoms with Crippen LogP contribution < -0.4 is 0 Å². The van der Waals surface area contributed by atoms with Crippen molar-refractivity contribution in [2.45, 2.75) is 45.8 Å². The highest BCUT2D eigenvalue weighted by Gasteiger charge is 2.23. The second-order valence-corrected chi connectivity index (χ2v) is 9.44. The van der Waals surface area contributed by atoms with Crippen LogP contribution in [0.25, 0.3) is 0 Å². The van der Waals surface area contributed by atoms with Crippen molar-refractivity contribution in [1.29, 1.82) is 0 Å². The maximum atomic E-state index is 9.57. The van der Waals surface area contributed by atoms with Gasteiger partial charge in [-0.3, -0.25) is 0 Å². The van der Waals surface area contributed by atoms with Gasteiger partial charge in [0.25, 0.3) is 5.95 Å². The lowest BCUT2D eigenvalue weighted by molar-refractivity contribution is 0.132. The zero-order valence-corrected chi connectivity index (χ0v) is 10.5. The third-order valence-corrected chi connectivity index (χ3v) is 4.41. The highest BCUT2D eigenvalue weighted by Crippen LogP contribution is 2.23. The van der Waals surface area contributed by atoms with Crippen molar-refractivity contribution >= 4 is 8.07 Å². The van der Waals surface area contributed by atoms with Crippen LogP contribution >= 0.6 is 0 Å². The van der Waals surface area contributed by atoms with Crippen LogP contribution in [0.5, 0.6) is 0 Å². The summed E-state index contributed by atoms with van der Waals surface area (Å²) < 4.78 is 4.91. The molecule has 0 aromatic rings. The van der Waals surface area contributed by atoms with Crippen molar-refractivity contribution in [3.05, 3.63) is 11.1 Å². The summed E-state index contributed by atoms with van der Waals surface area (Å²) in [6.45, 7) is 8.85. The van der Waals surface area contributed by atoms with Gasteiger partial charge in [-0.1, -0.05) is 33.0 Å². The second-order valence-electron chi connectivity index (χ2n) is 4.34. The summed E-state index contributed by atoms with van der Waals surface area (Å²) in [7, 11) is 0.126. The molecule has 0 fully saturated rings. The van der Waals surface area contributed by atoms with Crippen LogP contribution in [0.3, 0.4) is 0 Å². The van der Waals surface area contributed by atoms with Crippen LogP contribution in [-0.2, 0) is 4.74 Å². The Morgan fingerprint density at radius 2 is 1.85 bits per heavy atom. The van der Waals surface area contributed by atoms with Crippen LogP contribution in [0.2, 0.25) is 19.6 Å². The Morgan fingerprint density at radius 1 is 1.31 bits per heavy atom. The minimum absolute atomic E-state index is 0.160. The second kappa shape index (κ2) is 5.32. The first-order valence-corrected chi connectivity index (χ1v) is 8.40. The zero-order chi connectivity index (χ0) is 10.5. The molecule has 0 heterocycles. The highest BCUT2D eigenvalue weighted by atomic mass is 28.3. The molecule has 0 saturated heterocycles. The molecule has 0 spiro atoms. The number of ether oxygens (including phenoxy) is 1. The Bertz CT molecular complexity index is 180. The van der Waals surface area contributed by atoms with Crippen LogP contribution in [0, 0.1) is 0 Å². The van der Waals surface area contributed by atoms with Crippen molar-refractivity contribution in [3.63, 3.8) is 0 Å². The molecule has 0 aromatic carbocycles. The van der Waals surface area contributed by atoms with Crippen molar-refractivity contribution in [3.8, 4) is 0 Å². The van der Waals surface area contributed by atoms with Crippen LogP contribution in [0.1, 0.15) is 26.2 Å². The largest absolute Gasteiger partial charge is 0.481 e. The number of aliphatic hydroxyl groups excluding tert-OH is 1. The van der Waals surface area contributed by atoms with E-state index in [9.17, 15) is 5.11 Å². The Balaban J connectivity index is 4.56. The molecule has 0 aliphatic carbocycles. The smallest absolute Gasteiger partial charge is 0.271 e. The first kappa shape index (κ1) is 12.6. The van der Waals surface area contributed by atoms with E-state index in [1.54, 1.807) is 0 Å². The Morgan fingerprint density at radius 3 is 2.15 bits per heavy atom. The molecule has 78 valence electrons. The predicted octanol–water partition coefficient (Wildman–Crippen LogP) is 3.47. The summed E-state index contributed by atoms with van der Waals surface area (Å²) in [5.41, 5.74) is 0. The van der Waals surface area contributed by atoms with Gasteiger partial charge in [0.05, 0.1) is 15.2 Å². The fourth-order valence-corrected chi connectivity index (χ4v) is 2.95. The van der Waals surface area contributed by atoms with Crippen molar-refractivity contribution in [1.82, 2.24) is 0 Å². The van der Waals surface area contributed by atoms with E-state index in [1.807, 2.05) is 0 Å². The van der Waals surface area contributed by atoms with Gasteiger partial charge in [0.1, 0.15) is 0 Å². The molecule has 0 radical (unpaired) electrons. The summed E-state index contributed by atoms with van der Waals surface area (Å²) >= 11 is 0. The molecule has 0 aliphatic rings. The van der Waals surface area contributed by atoms with E-state index in [0.717, 1.165) is 24.5 Å². The molecule has 3 heteroatoms. The summed E-state index contributed by atoms with van der Waals surface area (Å²) in [6, 6.07) is 0. The minimum Gasteiger partial charge on any atom is -0.481 e. The predicted molar refractivity (Wildman–Crippen MR) is 59.5 cm³/mol. The van der Waals surface area contributed by atoms with E-state index in [2.05, 4.69) is 26.6 Å². The van der Waals surface area contributed by atoms with E-state index in [1.165, 1.54) is 7.11 Å². The Labute approximate surface area is 82.6 Å². The fraction of sp³-hybridized carbons (Fsp3) is 0.800. The standard InChI is InChI=1S/C10H22O2Si/c1-6-7-8-9(10(11)12-2)13(3,4)5/h11H,6-8H2,1-5H3/b10-9-. The Kier molecular flexibility index (Phi) is 5.14. The summed E-state index contributed by atoms with van der Waals surface area (Å²) in [4.78, 5) is 0. The summed E-state index contributed by atoms with van der Waals surface area (Å²) in [6.07, 6.45) is 3.27. The average Bonchev–Trinajstić information content (AvgIpc) is 2.02. The molecule has 0 rings (SSSR count). The number of methoxy groups -OCH3 is 1. The molecular formula is C10H22O2Si. The van der Waals surface area contributed by atoms with Gasteiger partial charge in [-0.2, -0.15) is 0 Å². The molecule has 0 atom stereocenters. The first-order valence-electron chi connectivity index (χ1n) is 4.90. The topological polar surface area (TPSA) is 29.5 Å². The van der Waals surface area contributed by atoms with Crippen LogP contribution in [-0.4, -0.2) is 20.3 Å². The first-order chi connectivity index (χ1) is 5.93. The number of unbranched alkanes of at least 4 members (excludes halogenated alkanes) is 1. The molecule has 0 aromatic heterocycles.